The Bertz CT molecular complexity index is 1090. The molecule has 2 aliphatic heterocycles. The van der Waals surface area contributed by atoms with Crippen molar-refractivity contribution in [2.75, 3.05) is 31.1 Å². The third-order valence-corrected chi connectivity index (χ3v) is 6.03. The van der Waals surface area contributed by atoms with Crippen molar-refractivity contribution in [2.45, 2.75) is 24.9 Å². The molecule has 170 valence electrons. The van der Waals surface area contributed by atoms with Crippen LogP contribution >= 0.6 is 0 Å². The molecule has 4 rings (SSSR count). The predicted molar refractivity (Wildman–Crippen MR) is 114 cm³/mol. The first-order valence-corrected chi connectivity index (χ1v) is 10.4. The molecule has 2 amide bonds. The second kappa shape index (κ2) is 8.58. The molecule has 2 saturated heterocycles. The van der Waals surface area contributed by atoms with Crippen molar-refractivity contribution in [3.8, 4) is 5.75 Å². The van der Waals surface area contributed by atoms with Gasteiger partial charge in [-0.2, -0.15) is 0 Å². The Balaban J connectivity index is 1.52. The molecule has 3 heterocycles. The Labute approximate surface area is 183 Å². The number of piperazine rings is 1. The number of carbonyl (C=O) groups excluding carboxylic acids is 2. The molecule has 2 aromatic rings. The maximum absolute atomic E-state index is 13.0. The Morgan fingerprint density at radius 2 is 1.91 bits per heavy atom. The van der Waals surface area contributed by atoms with Crippen LogP contribution in [0.5, 0.6) is 5.75 Å². The zero-order valence-corrected chi connectivity index (χ0v) is 17.7. The van der Waals surface area contributed by atoms with Gasteiger partial charge in [0.2, 0.25) is 17.6 Å². The summed E-state index contributed by atoms with van der Waals surface area (Å²) in [6, 6.07) is 5.60. The minimum absolute atomic E-state index is 0.0307. The van der Waals surface area contributed by atoms with E-state index in [0.29, 0.717) is 44.6 Å². The van der Waals surface area contributed by atoms with Gasteiger partial charge in [0.05, 0.1) is 0 Å². The van der Waals surface area contributed by atoms with E-state index in [9.17, 15) is 23.9 Å². The Morgan fingerprint density at radius 3 is 2.56 bits per heavy atom. The van der Waals surface area contributed by atoms with E-state index in [-0.39, 0.29) is 29.9 Å². The van der Waals surface area contributed by atoms with Crippen molar-refractivity contribution in [1.29, 1.82) is 0 Å². The number of nitrogens with zero attached hydrogens (tertiary/aromatic N) is 3. The fourth-order valence-corrected chi connectivity index (χ4v) is 4.11. The zero-order chi connectivity index (χ0) is 22.9. The number of rotatable bonds is 4. The van der Waals surface area contributed by atoms with Crippen LogP contribution in [-0.2, 0) is 18.4 Å². The first kappa shape index (κ1) is 21.8. The van der Waals surface area contributed by atoms with Crippen LogP contribution < -0.4 is 26.4 Å². The van der Waals surface area contributed by atoms with Gasteiger partial charge in [0, 0.05) is 39.8 Å². The summed E-state index contributed by atoms with van der Waals surface area (Å²) in [6.07, 6.45) is 1.03. The highest BCUT2D eigenvalue weighted by Gasteiger charge is 2.43. The van der Waals surface area contributed by atoms with E-state index < -0.39 is 22.8 Å². The van der Waals surface area contributed by atoms with E-state index in [1.807, 2.05) is 4.90 Å². The van der Waals surface area contributed by atoms with Crippen molar-refractivity contribution < 1.29 is 19.1 Å². The van der Waals surface area contributed by atoms with E-state index in [1.165, 1.54) is 35.9 Å². The van der Waals surface area contributed by atoms with Crippen LogP contribution in [0.25, 0.3) is 0 Å². The fourth-order valence-electron chi connectivity index (χ4n) is 4.11. The number of nitrogens with one attached hydrogen (secondary N) is 3. The van der Waals surface area contributed by atoms with E-state index >= 15 is 0 Å². The lowest BCUT2D eigenvalue weighted by Gasteiger charge is -2.43. The van der Waals surface area contributed by atoms with Gasteiger partial charge >= 0.3 is 0 Å². The Hall–Kier alpha value is -3.47. The van der Waals surface area contributed by atoms with Crippen LogP contribution in [0.1, 0.15) is 28.9 Å². The molecule has 0 aliphatic carbocycles. The molecule has 32 heavy (non-hydrogen) atoms. The van der Waals surface area contributed by atoms with E-state index in [4.69, 9.17) is 0 Å². The molecule has 0 bridgehead atoms. The van der Waals surface area contributed by atoms with Crippen LogP contribution in [-0.4, -0.2) is 58.2 Å². The number of aromatic hydroxyl groups is 1. The minimum Gasteiger partial charge on any atom is -0.501 e. The number of halogens is 1. The highest BCUT2D eigenvalue weighted by atomic mass is 19.1. The lowest BCUT2D eigenvalue weighted by Crippen LogP contribution is -2.66. The van der Waals surface area contributed by atoms with Gasteiger partial charge in [-0.25, -0.2) is 9.37 Å². The number of hydrogen-bond donors (Lipinski definition) is 4. The first-order valence-electron chi connectivity index (χ1n) is 10.4. The molecule has 0 atom stereocenters. The predicted octanol–water partition coefficient (Wildman–Crippen LogP) is -0.387. The molecule has 2 aliphatic rings. The molecular formula is C21H25FN6O4. The largest absolute Gasteiger partial charge is 0.501 e. The summed E-state index contributed by atoms with van der Waals surface area (Å²) in [5, 5.41) is 19.0. The maximum Gasteiger partial charge on any atom is 0.297 e. The molecule has 1 aromatic carbocycles. The quantitative estimate of drug-likeness (QED) is 0.506. The molecule has 0 saturated carbocycles. The van der Waals surface area contributed by atoms with Gasteiger partial charge < -0.3 is 26.0 Å². The normalized spacial score (nSPS) is 17.8. The van der Waals surface area contributed by atoms with Gasteiger partial charge in [-0.15, -0.1) is 0 Å². The lowest BCUT2D eigenvalue weighted by molar-refractivity contribution is -0.130. The zero-order valence-electron chi connectivity index (χ0n) is 17.7. The van der Waals surface area contributed by atoms with Crippen molar-refractivity contribution in [2.24, 2.45) is 7.05 Å². The average Bonchev–Trinajstić information content (AvgIpc) is 2.80. The third kappa shape index (κ3) is 4.03. The van der Waals surface area contributed by atoms with Gasteiger partial charge in [0.15, 0.2) is 5.69 Å². The van der Waals surface area contributed by atoms with Crippen LogP contribution in [0.4, 0.5) is 10.3 Å². The molecule has 11 heteroatoms. The molecular weight excluding hydrogens is 419 g/mol. The Morgan fingerprint density at radius 1 is 1.22 bits per heavy atom. The summed E-state index contributed by atoms with van der Waals surface area (Å²) >= 11 is 0. The standard InChI is InChI=1S/C21H25FN6O4/c1-27-18(31)16(29)15(17(30)24-12-13-2-4-14(22)5-3-13)26-20(27)28-10-6-21(7-11-28)19(32)23-8-9-25-21/h2-5,25,29H,6-12H2,1H3,(H,23,32)(H,24,30). The number of hydrogen-bond acceptors (Lipinski definition) is 7. The summed E-state index contributed by atoms with van der Waals surface area (Å²) in [5.41, 5.74) is -1.10. The van der Waals surface area contributed by atoms with Gasteiger partial charge in [-0.3, -0.25) is 19.0 Å². The molecule has 0 unspecified atom stereocenters. The molecule has 4 N–H and O–H groups in total. The van der Waals surface area contributed by atoms with Crippen molar-refractivity contribution >= 4 is 17.8 Å². The molecule has 1 spiro atoms. The van der Waals surface area contributed by atoms with E-state index in [1.54, 1.807) is 0 Å². The van der Waals surface area contributed by atoms with Gasteiger partial charge in [0.1, 0.15) is 11.4 Å². The first-order chi connectivity index (χ1) is 15.3. The SMILES string of the molecule is Cn1c(N2CCC3(CC2)NCCNC3=O)nc(C(=O)NCc2ccc(F)cc2)c(O)c1=O. The third-order valence-electron chi connectivity index (χ3n) is 6.03. The molecule has 2 fully saturated rings. The smallest absolute Gasteiger partial charge is 0.297 e. The number of carbonyl (C=O) groups is 2. The maximum atomic E-state index is 13.0. The van der Waals surface area contributed by atoms with Crippen LogP contribution in [0.15, 0.2) is 29.1 Å². The van der Waals surface area contributed by atoms with Gasteiger partial charge in [-0.1, -0.05) is 12.1 Å². The van der Waals surface area contributed by atoms with Crippen LogP contribution in [0, 0.1) is 5.82 Å². The van der Waals surface area contributed by atoms with Gasteiger partial charge in [-0.05, 0) is 30.5 Å². The number of aromatic nitrogens is 2. The highest BCUT2D eigenvalue weighted by molar-refractivity contribution is 5.95. The molecule has 1 aromatic heterocycles. The summed E-state index contributed by atoms with van der Waals surface area (Å²) in [7, 11) is 1.47. The molecule has 10 nitrogen and oxygen atoms in total. The highest BCUT2D eigenvalue weighted by Crippen LogP contribution is 2.27. The average molecular weight is 444 g/mol. The summed E-state index contributed by atoms with van der Waals surface area (Å²) < 4.78 is 14.2. The summed E-state index contributed by atoms with van der Waals surface area (Å²) in [4.78, 5) is 43.7. The van der Waals surface area contributed by atoms with E-state index in [2.05, 4.69) is 20.9 Å². The second-order valence-electron chi connectivity index (χ2n) is 8.03. The Kier molecular flexibility index (Phi) is 5.83. The summed E-state index contributed by atoms with van der Waals surface area (Å²) in [5.74, 6) is -1.63. The monoisotopic (exact) mass is 444 g/mol. The topological polar surface area (TPSA) is 129 Å². The summed E-state index contributed by atoms with van der Waals surface area (Å²) in [6.45, 7) is 2.26. The number of benzene rings is 1. The van der Waals surface area contributed by atoms with Crippen LogP contribution in [0.3, 0.4) is 0 Å². The lowest BCUT2D eigenvalue weighted by atomic mass is 9.85. The number of anilines is 1. The van der Waals surface area contributed by atoms with Crippen molar-refractivity contribution in [1.82, 2.24) is 25.5 Å². The second-order valence-corrected chi connectivity index (χ2v) is 8.03. The van der Waals surface area contributed by atoms with E-state index in [0.717, 1.165) is 0 Å². The van der Waals surface area contributed by atoms with Crippen molar-refractivity contribution in [3.63, 3.8) is 0 Å². The molecule has 0 radical (unpaired) electrons. The van der Waals surface area contributed by atoms with Gasteiger partial charge in [0.25, 0.3) is 11.5 Å². The fraction of sp³-hybridized carbons (Fsp3) is 0.429. The number of amides is 2. The minimum atomic E-state index is -0.741. The number of piperidine rings is 1. The van der Waals surface area contributed by atoms with Crippen molar-refractivity contribution in [3.05, 3.63) is 51.7 Å². The van der Waals surface area contributed by atoms with Crippen LogP contribution in [0.2, 0.25) is 0 Å².